The Bertz CT molecular complexity index is 920. The van der Waals surface area contributed by atoms with Crippen LogP contribution in [0.2, 0.25) is 0 Å². The SMILES string of the molecule is CCCCN(C(=O)c1cc(S(=O)(=O)N2CCCC2)ccc1C)c1ccccc1. The number of aryl methyl sites for hydroxylation is 1. The summed E-state index contributed by atoms with van der Waals surface area (Å²) in [5.41, 5.74) is 2.05. The van der Waals surface area contributed by atoms with Crippen molar-refractivity contribution < 1.29 is 13.2 Å². The van der Waals surface area contributed by atoms with Gasteiger partial charge in [-0.05, 0) is 56.0 Å². The Hall–Kier alpha value is -2.18. The van der Waals surface area contributed by atoms with Crippen molar-refractivity contribution in [2.24, 2.45) is 0 Å². The number of sulfonamides is 1. The summed E-state index contributed by atoms with van der Waals surface area (Å²) in [6.45, 7) is 5.63. The molecule has 1 aliphatic rings. The standard InChI is InChI=1S/C22H28N2O3S/c1-3-4-16-24(19-10-6-5-7-11-19)22(25)21-17-20(13-12-18(21)2)28(26,27)23-14-8-9-15-23/h5-7,10-13,17H,3-4,8-9,14-16H2,1-2H3. The molecule has 1 aliphatic heterocycles. The first-order valence-corrected chi connectivity index (χ1v) is 11.4. The first-order chi connectivity index (χ1) is 13.4. The topological polar surface area (TPSA) is 57.7 Å². The van der Waals surface area contributed by atoms with E-state index in [1.165, 1.54) is 4.31 Å². The Morgan fingerprint density at radius 3 is 2.39 bits per heavy atom. The molecular weight excluding hydrogens is 372 g/mol. The fourth-order valence-electron chi connectivity index (χ4n) is 3.49. The number of nitrogens with zero attached hydrogens (tertiary/aromatic N) is 2. The van der Waals surface area contributed by atoms with Gasteiger partial charge >= 0.3 is 0 Å². The van der Waals surface area contributed by atoms with Gasteiger partial charge in [-0.3, -0.25) is 4.79 Å². The lowest BCUT2D eigenvalue weighted by molar-refractivity contribution is 0.0986. The summed E-state index contributed by atoms with van der Waals surface area (Å²) < 4.78 is 27.4. The zero-order valence-corrected chi connectivity index (χ0v) is 17.4. The van der Waals surface area contributed by atoms with Crippen LogP contribution in [0.25, 0.3) is 0 Å². The van der Waals surface area contributed by atoms with Crippen molar-refractivity contribution in [2.45, 2.75) is 44.4 Å². The second-order valence-corrected chi connectivity index (χ2v) is 9.17. The van der Waals surface area contributed by atoms with Gasteiger partial charge in [0, 0.05) is 30.9 Å². The van der Waals surface area contributed by atoms with Gasteiger partial charge in [-0.2, -0.15) is 4.31 Å². The number of unbranched alkanes of at least 4 members (excludes halogenated alkanes) is 1. The summed E-state index contributed by atoms with van der Waals surface area (Å²) >= 11 is 0. The predicted octanol–water partition coefficient (Wildman–Crippen LogP) is 4.23. The van der Waals surface area contributed by atoms with Crippen molar-refractivity contribution in [2.75, 3.05) is 24.5 Å². The van der Waals surface area contributed by atoms with E-state index < -0.39 is 10.0 Å². The molecule has 1 heterocycles. The van der Waals surface area contributed by atoms with E-state index in [2.05, 4.69) is 6.92 Å². The van der Waals surface area contributed by atoms with Crippen LogP contribution in [0.1, 0.15) is 48.5 Å². The Balaban J connectivity index is 1.97. The van der Waals surface area contributed by atoms with E-state index in [4.69, 9.17) is 0 Å². The van der Waals surface area contributed by atoms with E-state index in [1.807, 2.05) is 37.3 Å². The van der Waals surface area contributed by atoms with Crippen LogP contribution >= 0.6 is 0 Å². The van der Waals surface area contributed by atoms with Crippen molar-refractivity contribution in [3.63, 3.8) is 0 Å². The third-order valence-corrected chi connectivity index (χ3v) is 7.09. The first-order valence-electron chi connectivity index (χ1n) is 9.93. The smallest absolute Gasteiger partial charge is 0.258 e. The van der Waals surface area contributed by atoms with Gasteiger partial charge in [-0.15, -0.1) is 0 Å². The van der Waals surface area contributed by atoms with Crippen LogP contribution in [0, 0.1) is 6.92 Å². The minimum Gasteiger partial charge on any atom is -0.308 e. The van der Waals surface area contributed by atoms with E-state index in [0.29, 0.717) is 25.2 Å². The number of amides is 1. The molecule has 0 aliphatic carbocycles. The van der Waals surface area contributed by atoms with Crippen molar-refractivity contribution in [3.05, 3.63) is 59.7 Å². The molecule has 150 valence electrons. The number of carbonyl (C=O) groups is 1. The van der Waals surface area contributed by atoms with Crippen LogP contribution in [0.5, 0.6) is 0 Å². The van der Waals surface area contributed by atoms with E-state index >= 15 is 0 Å². The second kappa shape index (κ2) is 8.88. The van der Waals surface area contributed by atoms with Gasteiger partial charge in [0.05, 0.1) is 4.90 Å². The number of para-hydroxylation sites is 1. The number of hydrogen-bond acceptors (Lipinski definition) is 3. The maximum absolute atomic E-state index is 13.4. The molecular formula is C22H28N2O3S. The van der Waals surface area contributed by atoms with Crippen molar-refractivity contribution in [1.29, 1.82) is 0 Å². The summed E-state index contributed by atoms with van der Waals surface area (Å²) in [4.78, 5) is 15.3. The molecule has 0 saturated carbocycles. The number of rotatable bonds is 7. The van der Waals surface area contributed by atoms with Gasteiger partial charge in [-0.1, -0.05) is 37.6 Å². The lowest BCUT2D eigenvalue weighted by Gasteiger charge is -2.24. The molecule has 0 bridgehead atoms. The van der Waals surface area contributed by atoms with Gasteiger partial charge in [0.15, 0.2) is 0 Å². The molecule has 1 saturated heterocycles. The molecule has 0 unspecified atom stereocenters. The number of hydrogen-bond donors (Lipinski definition) is 0. The largest absolute Gasteiger partial charge is 0.308 e. The first kappa shape index (κ1) is 20.6. The molecule has 28 heavy (non-hydrogen) atoms. The minimum absolute atomic E-state index is 0.157. The van der Waals surface area contributed by atoms with E-state index in [0.717, 1.165) is 36.9 Å². The summed E-state index contributed by atoms with van der Waals surface area (Å²) in [6.07, 6.45) is 3.62. The van der Waals surface area contributed by atoms with Gasteiger partial charge < -0.3 is 4.90 Å². The fraction of sp³-hybridized carbons (Fsp3) is 0.409. The van der Waals surface area contributed by atoms with Crippen LogP contribution in [0.4, 0.5) is 5.69 Å². The molecule has 0 atom stereocenters. The second-order valence-electron chi connectivity index (χ2n) is 7.23. The predicted molar refractivity (Wildman–Crippen MR) is 112 cm³/mol. The summed E-state index contributed by atoms with van der Waals surface area (Å²) in [7, 11) is -3.56. The molecule has 2 aromatic rings. The van der Waals surface area contributed by atoms with Gasteiger partial charge in [0.1, 0.15) is 0 Å². The van der Waals surface area contributed by atoms with Crippen molar-refractivity contribution in [1.82, 2.24) is 4.31 Å². The lowest BCUT2D eigenvalue weighted by Crippen LogP contribution is -2.33. The average Bonchev–Trinajstić information content (AvgIpc) is 3.25. The fourth-order valence-corrected chi connectivity index (χ4v) is 5.03. The van der Waals surface area contributed by atoms with Crippen molar-refractivity contribution in [3.8, 4) is 0 Å². The Morgan fingerprint density at radius 2 is 1.75 bits per heavy atom. The summed E-state index contributed by atoms with van der Waals surface area (Å²) in [5.74, 6) is -0.157. The highest BCUT2D eigenvalue weighted by atomic mass is 32.2. The summed E-state index contributed by atoms with van der Waals surface area (Å²) in [6, 6.07) is 14.4. The maximum Gasteiger partial charge on any atom is 0.258 e. The van der Waals surface area contributed by atoms with Crippen molar-refractivity contribution >= 4 is 21.6 Å². The minimum atomic E-state index is -3.56. The molecule has 1 amide bonds. The molecule has 0 N–H and O–H groups in total. The highest BCUT2D eigenvalue weighted by Crippen LogP contribution is 2.25. The van der Waals surface area contributed by atoms with Crippen LogP contribution in [0.15, 0.2) is 53.4 Å². The molecule has 0 aromatic heterocycles. The van der Waals surface area contributed by atoms with Crippen LogP contribution in [0.3, 0.4) is 0 Å². The maximum atomic E-state index is 13.4. The average molecular weight is 401 g/mol. The molecule has 3 rings (SSSR count). The quantitative estimate of drug-likeness (QED) is 0.699. The molecule has 1 fully saturated rings. The molecule has 5 nitrogen and oxygen atoms in total. The Morgan fingerprint density at radius 1 is 1.07 bits per heavy atom. The lowest BCUT2D eigenvalue weighted by atomic mass is 10.1. The highest BCUT2D eigenvalue weighted by Gasteiger charge is 2.29. The molecule has 6 heteroatoms. The van der Waals surface area contributed by atoms with Gasteiger partial charge in [0.25, 0.3) is 5.91 Å². The number of benzene rings is 2. The van der Waals surface area contributed by atoms with E-state index in [-0.39, 0.29) is 10.8 Å². The van der Waals surface area contributed by atoms with Crippen LogP contribution in [-0.4, -0.2) is 38.3 Å². The van der Waals surface area contributed by atoms with E-state index in [1.54, 1.807) is 23.1 Å². The molecule has 0 spiro atoms. The Kier molecular flexibility index (Phi) is 6.52. The van der Waals surface area contributed by atoms with Crippen LogP contribution in [-0.2, 0) is 10.0 Å². The third-order valence-electron chi connectivity index (χ3n) is 5.19. The normalized spacial score (nSPS) is 14.9. The molecule has 0 radical (unpaired) electrons. The molecule has 2 aromatic carbocycles. The third kappa shape index (κ3) is 4.28. The number of carbonyl (C=O) groups excluding carboxylic acids is 1. The van der Waals surface area contributed by atoms with E-state index in [9.17, 15) is 13.2 Å². The highest BCUT2D eigenvalue weighted by molar-refractivity contribution is 7.89. The van der Waals surface area contributed by atoms with Gasteiger partial charge in [0.2, 0.25) is 10.0 Å². The monoisotopic (exact) mass is 400 g/mol. The van der Waals surface area contributed by atoms with Gasteiger partial charge in [-0.25, -0.2) is 8.42 Å². The Labute approximate surface area is 168 Å². The summed E-state index contributed by atoms with van der Waals surface area (Å²) in [5, 5.41) is 0. The van der Waals surface area contributed by atoms with Crippen LogP contribution < -0.4 is 4.90 Å². The number of anilines is 1. The zero-order chi connectivity index (χ0) is 20.1. The zero-order valence-electron chi connectivity index (χ0n) is 16.6.